The number of aromatic nitrogens is 4. The van der Waals surface area contributed by atoms with E-state index >= 15 is 0 Å². The van der Waals surface area contributed by atoms with Crippen LogP contribution in [0.15, 0.2) is 42.9 Å². The Balaban J connectivity index is 1.26. The molecule has 4 rings (SSSR count). The summed E-state index contributed by atoms with van der Waals surface area (Å²) in [6.07, 6.45) is 3.76. The lowest BCUT2D eigenvalue weighted by atomic mass is 10.2. The van der Waals surface area contributed by atoms with Gasteiger partial charge in [-0.2, -0.15) is 4.98 Å². The number of hydrogen-bond donors (Lipinski definition) is 2. The zero-order chi connectivity index (χ0) is 29.4. The molecular weight excluding hydrogens is 548 g/mol. The largest absolute Gasteiger partial charge is 0.494 e. The smallest absolute Gasteiger partial charge is 0.410 e. The maximum absolute atomic E-state index is 12.7. The Morgan fingerprint density at radius 2 is 1.85 bits per heavy atom. The number of carbonyl (C=O) groups is 2. The van der Waals surface area contributed by atoms with E-state index in [2.05, 4.69) is 35.5 Å². The second-order valence-electron chi connectivity index (χ2n) is 10.5. The number of piperazine rings is 1. The second-order valence-corrected chi connectivity index (χ2v) is 10.8. The third kappa shape index (κ3) is 8.73. The summed E-state index contributed by atoms with van der Waals surface area (Å²) in [5.41, 5.74) is 1.32. The zero-order valence-corrected chi connectivity index (χ0v) is 24.4. The minimum atomic E-state index is -0.505. The van der Waals surface area contributed by atoms with Crippen molar-refractivity contribution in [3.63, 3.8) is 0 Å². The van der Waals surface area contributed by atoms with E-state index in [1.54, 1.807) is 41.4 Å². The molecule has 2 aromatic heterocycles. The Bertz CT molecular complexity index is 1360. The van der Waals surface area contributed by atoms with Crippen LogP contribution in [0.1, 0.15) is 33.6 Å². The van der Waals surface area contributed by atoms with Gasteiger partial charge in [-0.15, -0.1) is 0 Å². The van der Waals surface area contributed by atoms with Crippen LogP contribution >= 0.6 is 11.6 Å². The minimum Gasteiger partial charge on any atom is -0.494 e. The van der Waals surface area contributed by atoms with Crippen molar-refractivity contribution in [3.8, 4) is 17.1 Å². The molecule has 1 aliphatic heterocycles. The molecule has 0 aliphatic carbocycles. The van der Waals surface area contributed by atoms with Gasteiger partial charge < -0.3 is 25.0 Å². The van der Waals surface area contributed by atoms with Crippen molar-refractivity contribution in [1.29, 1.82) is 0 Å². The Labute approximate surface area is 244 Å². The Kier molecular flexibility index (Phi) is 9.90. The van der Waals surface area contributed by atoms with Gasteiger partial charge in [0, 0.05) is 50.6 Å². The molecule has 3 heterocycles. The summed E-state index contributed by atoms with van der Waals surface area (Å²) in [6.45, 7) is 9.09. The van der Waals surface area contributed by atoms with Gasteiger partial charge in [-0.3, -0.25) is 9.69 Å². The normalized spacial score (nSPS) is 13.9. The quantitative estimate of drug-likeness (QED) is 0.344. The number of amides is 2. The predicted octanol–water partition coefficient (Wildman–Crippen LogP) is 4.61. The van der Waals surface area contributed by atoms with Crippen molar-refractivity contribution in [2.45, 2.75) is 39.2 Å². The van der Waals surface area contributed by atoms with Crippen LogP contribution in [0, 0.1) is 0 Å². The first kappa shape index (κ1) is 29.9. The number of nitrogens with one attached hydrogen (secondary N) is 2. The standard InChI is InChI=1S/C28H35ClN8O4/c1-28(2,3)41-27(39)37-15-13-36(14-16-37)12-6-8-23(38)34-21-10-9-19(17-22(21)40-4)33-26-32-18-31-25(35-26)20-7-5-11-30-24(20)29/h5,7,9-11,17-18H,6,8,12-16H2,1-4H3,(H,34,38)(H,31,32,33,35). The van der Waals surface area contributed by atoms with Crippen molar-refractivity contribution in [3.05, 3.63) is 48.0 Å². The maximum Gasteiger partial charge on any atom is 0.410 e. The molecule has 1 aliphatic rings. The summed E-state index contributed by atoms with van der Waals surface area (Å²) >= 11 is 6.17. The van der Waals surface area contributed by atoms with E-state index in [9.17, 15) is 9.59 Å². The highest BCUT2D eigenvalue weighted by molar-refractivity contribution is 6.31. The van der Waals surface area contributed by atoms with E-state index in [4.69, 9.17) is 21.1 Å². The van der Waals surface area contributed by atoms with Crippen LogP contribution in [0.5, 0.6) is 5.75 Å². The number of carbonyl (C=O) groups excluding carboxylic acids is 2. The van der Waals surface area contributed by atoms with Crippen LogP contribution in [0.4, 0.5) is 22.1 Å². The lowest BCUT2D eigenvalue weighted by Gasteiger charge is -2.35. The molecule has 1 aromatic carbocycles. The summed E-state index contributed by atoms with van der Waals surface area (Å²) in [5.74, 6) is 1.10. The van der Waals surface area contributed by atoms with Gasteiger partial charge in [0.1, 0.15) is 22.8 Å². The number of halogens is 1. The van der Waals surface area contributed by atoms with Crippen LogP contribution in [-0.2, 0) is 9.53 Å². The molecule has 0 saturated carbocycles. The van der Waals surface area contributed by atoms with Crippen LogP contribution in [0.2, 0.25) is 5.15 Å². The average molecular weight is 583 g/mol. The van der Waals surface area contributed by atoms with Gasteiger partial charge in [0.15, 0.2) is 5.82 Å². The van der Waals surface area contributed by atoms with Crippen molar-refractivity contribution >= 4 is 40.9 Å². The molecule has 0 unspecified atom stereocenters. The highest BCUT2D eigenvalue weighted by Crippen LogP contribution is 2.30. The van der Waals surface area contributed by atoms with Crippen molar-refractivity contribution in [2.24, 2.45) is 0 Å². The van der Waals surface area contributed by atoms with E-state index < -0.39 is 5.60 Å². The molecule has 0 bridgehead atoms. The molecule has 1 fully saturated rings. The molecule has 0 spiro atoms. The highest BCUT2D eigenvalue weighted by atomic mass is 35.5. The molecule has 2 N–H and O–H groups in total. The number of hydrogen-bond acceptors (Lipinski definition) is 10. The predicted molar refractivity (Wildman–Crippen MR) is 156 cm³/mol. The zero-order valence-electron chi connectivity index (χ0n) is 23.7. The fourth-order valence-corrected chi connectivity index (χ4v) is 4.40. The van der Waals surface area contributed by atoms with E-state index in [-0.39, 0.29) is 12.0 Å². The summed E-state index contributed by atoms with van der Waals surface area (Å²) in [5, 5.41) is 6.35. The first-order chi connectivity index (χ1) is 19.6. The van der Waals surface area contributed by atoms with Gasteiger partial charge >= 0.3 is 6.09 Å². The maximum atomic E-state index is 12.7. The van der Waals surface area contributed by atoms with E-state index in [0.717, 1.165) is 19.6 Å². The summed E-state index contributed by atoms with van der Waals surface area (Å²) in [7, 11) is 1.54. The number of nitrogens with zero attached hydrogens (tertiary/aromatic N) is 6. The molecule has 41 heavy (non-hydrogen) atoms. The number of benzene rings is 1. The van der Waals surface area contributed by atoms with Crippen LogP contribution in [0.3, 0.4) is 0 Å². The van der Waals surface area contributed by atoms with E-state index in [0.29, 0.717) is 65.5 Å². The van der Waals surface area contributed by atoms with Crippen LogP contribution in [0.25, 0.3) is 11.4 Å². The number of anilines is 3. The second kappa shape index (κ2) is 13.6. The SMILES string of the molecule is COc1cc(Nc2ncnc(-c3cccnc3Cl)n2)ccc1NC(=O)CCCN1CCN(C(=O)OC(C)(C)C)CC1. The Morgan fingerprint density at radius 1 is 1.07 bits per heavy atom. The van der Waals surface area contributed by atoms with Gasteiger partial charge in [0.25, 0.3) is 0 Å². The first-order valence-electron chi connectivity index (χ1n) is 13.4. The summed E-state index contributed by atoms with van der Waals surface area (Å²) in [6, 6.07) is 8.84. The number of rotatable bonds is 9. The molecule has 0 radical (unpaired) electrons. The van der Waals surface area contributed by atoms with Crippen molar-refractivity contribution < 1.29 is 19.1 Å². The van der Waals surface area contributed by atoms with E-state index in [1.807, 2.05) is 20.8 Å². The topological polar surface area (TPSA) is 135 Å². The van der Waals surface area contributed by atoms with E-state index in [1.165, 1.54) is 13.4 Å². The molecular formula is C28H35ClN8O4. The summed E-state index contributed by atoms with van der Waals surface area (Å²) in [4.78, 5) is 45.7. The number of ether oxygens (including phenoxy) is 2. The Hall–Kier alpha value is -4.03. The number of pyridine rings is 1. The van der Waals surface area contributed by atoms with Crippen LogP contribution in [-0.4, -0.2) is 87.2 Å². The third-order valence-corrected chi connectivity index (χ3v) is 6.51. The molecule has 218 valence electrons. The monoisotopic (exact) mass is 582 g/mol. The number of methoxy groups -OCH3 is 1. The third-order valence-electron chi connectivity index (χ3n) is 6.21. The summed E-state index contributed by atoms with van der Waals surface area (Å²) < 4.78 is 11.0. The molecule has 3 aromatic rings. The molecule has 0 atom stereocenters. The lowest BCUT2D eigenvalue weighted by molar-refractivity contribution is -0.116. The van der Waals surface area contributed by atoms with Gasteiger partial charge in [0.2, 0.25) is 11.9 Å². The first-order valence-corrected chi connectivity index (χ1v) is 13.7. The minimum absolute atomic E-state index is 0.105. The fourth-order valence-electron chi connectivity index (χ4n) is 4.20. The fraction of sp³-hybridized carbons (Fsp3) is 0.429. The van der Waals surface area contributed by atoms with Crippen LogP contribution < -0.4 is 15.4 Å². The average Bonchev–Trinajstić information content (AvgIpc) is 2.93. The van der Waals surface area contributed by atoms with Gasteiger partial charge in [-0.1, -0.05) is 11.6 Å². The molecule has 1 saturated heterocycles. The van der Waals surface area contributed by atoms with Crippen molar-refractivity contribution in [1.82, 2.24) is 29.7 Å². The molecule has 12 nitrogen and oxygen atoms in total. The molecule has 2 amide bonds. The Morgan fingerprint density at radius 3 is 2.56 bits per heavy atom. The molecule has 13 heteroatoms. The van der Waals surface area contributed by atoms with Gasteiger partial charge in [-0.25, -0.2) is 19.7 Å². The van der Waals surface area contributed by atoms with Gasteiger partial charge in [0.05, 0.1) is 18.4 Å². The van der Waals surface area contributed by atoms with Crippen molar-refractivity contribution in [2.75, 3.05) is 50.5 Å². The van der Waals surface area contributed by atoms with Gasteiger partial charge in [-0.05, 0) is 58.0 Å². The highest BCUT2D eigenvalue weighted by Gasteiger charge is 2.25. The lowest BCUT2D eigenvalue weighted by Crippen LogP contribution is -2.50.